The van der Waals surface area contributed by atoms with E-state index in [1.165, 1.54) is 17.9 Å². The zero-order valence-corrected chi connectivity index (χ0v) is 10.5. The third-order valence-corrected chi connectivity index (χ3v) is 2.55. The van der Waals surface area contributed by atoms with Gasteiger partial charge in [0.25, 0.3) is 0 Å². The standard InChI is InChI=1S/C12H15FN4O/c1-12(2,14)11-7-17(16-15-11)10-6-8(18-3)4-5-9(10)13/h4-7H,14H2,1-3H3. The lowest BCUT2D eigenvalue weighted by Gasteiger charge is -2.13. The van der Waals surface area contributed by atoms with E-state index in [0.29, 0.717) is 11.4 Å². The molecule has 0 spiro atoms. The Labute approximate surface area is 104 Å². The summed E-state index contributed by atoms with van der Waals surface area (Å²) in [5.41, 5.74) is 6.15. The minimum absolute atomic E-state index is 0.275. The molecule has 0 fully saturated rings. The van der Waals surface area contributed by atoms with Gasteiger partial charge in [-0.25, -0.2) is 9.07 Å². The van der Waals surface area contributed by atoms with Crippen molar-refractivity contribution in [3.63, 3.8) is 0 Å². The SMILES string of the molecule is COc1ccc(F)c(-n2cc(C(C)(C)N)nn2)c1. The average molecular weight is 250 g/mol. The first-order chi connectivity index (χ1) is 8.41. The van der Waals surface area contributed by atoms with Crippen LogP contribution in [-0.2, 0) is 5.54 Å². The zero-order chi connectivity index (χ0) is 13.3. The lowest BCUT2D eigenvalue weighted by Crippen LogP contribution is -2.29. The van der Waals surface area contributed by atoms with Crippen LogP contribution < -0.4 is 10.5 Å². The first-order valence-corrected chi connectivity index (χ1v) is 5.47. The average Bonchev–Trinajstić information content (AvgIpc) is 2.78. The van der Waals surface area contributed by atoms with E-state index in [2.05, 4.69) is 10.3 Å². The molecule has 1 aromatic carbocycles. The number of hydrogen-bond donors (Lipinski definition) is 1. The van der Waals surface area contributed by atoms with Gasteiger partial charge in [0.2, 0.25) is 0 Å². The number of ether oxygens (including phenoxy) is 1. The summed E-state index contributed by atoms with van der Waals surface area (Å²) in [6, 6.07) is 4.42. The van der Waals surface area contributed by atoms with Gasteiger partial charge in [-0.15, -0.1) is 5.10 Å². The van der Waals surface area contributed by atoms with E-state index in [-0.39, 0.29) is 5.69 Å². The van der Waals surface area contributed by atoms with E-state index >= 15 is 0 Å². The number of aromatic nitrogens is 3. The molecule has 0 aliphatic carbocycles. The van der Waals surface area contributed by atoms with E-state index in [1.807, 2.05) is 13.8 Å². The number of nitrogens with zero attached hydrogens (tertiary/aromatic N) is 3. The number of hydrogen-bond acceptors (Lipinski definition) is 4. The normalized spacial score (nSPS) is 11.6. The maximum atomic E-state index is 13.7. The summed E-state index contributed by atoms with van der Waals surface area (Å²) >= 11 is 0. The van der Waals surface area contributed by atoms with Crippen molar-refractivity contribution in [1.29, 1.82) is 0 Å². The predicted molar refractivity (Wildman–Crippen MR) is 65.1 cm³/mol. The molecule has 1 aromatic heterocycles. The van der Waals surface area contributed by atoms with E-state index in [4.69, 9.17) is 10.5 Å². The van der Waals surface area contributed by atoms with Crippen LogP contribution in [0, 0.1) is 5.82 Å². The highest BCUT2D eigenvalue weighted by Crippen LogP contribution is 2.21. The fourth-order valence-electron chi connectivity index (χ4n) is 1.47. The molecule has 0 saturated carbocycles. The largest absolute Gasteiger partial charge is 0.497 e. The second-order valence-corrected chi connectivity index (χ2v) is 4.59. The van der Waals surface area contributed by atoms with Gasteiger partial charge in [-0.3, -0.25) is 0 Å². The Morgan fingerprint density at radius 1 is 1.39 bits per heavy atom. The molecule has 2 N–H and O–H groups in total. The summed E-state index contributed by atoms with van der Waals surface area (Å²) in [6.45, 7) is 3.62. The molecular formula is C12H15FN4O. The molecule has 0 bridgehead atoms. The molecule has 96 valence electrons. The summed E-state index contributed by atoms with van der Waals surface area (Å²) in [4.78, 5) is 0. The van der Waals surface area contributed by atoms with Crippen molar-refractivity contribution >= 4 is 0 Å². The molecule has 1 heterocycles. The Hall–Kier alpha value is -1.95. The maximum absolute atomic E-state index is 13.7. The Morgan fingerprint density at radius 2 is 2.11 bits per heavy atom. The minimum Gasteiger partial charge on any atom is -0.497 e. The fraction of sp³-hybridized carbons (Fsp3) is 0.333. The molecule has 0 amide bonds. The van der Waals surface area contributed by atoms with Crippen molar-refractivity contribution in [3.8, 4) is 11.4 Å². The third-order valence-electron chi connectivity index (χ3n) is 2.55. The van der Waals surface area contributed by atoms with Crippen LogP contribution in [0.3, 0.4) is 0 Å². The van der Waals surface area contributed by atoms with Gasteiger partial charge in [-0.05, 0) is 26.0 Å². The van der Waals surface area contributed by atoms with Gasteiger partial charge in [-0.1, -0.05) is 5.21 Å². The van der Waals surface area contributed by atoms with Gasteiger partial charge in [0.1, 0.15) is 22.9 Å². The molecule has 0 saturated heterocycles. The third kappa shape index (κ3) is 2.33. The van der Waals surface area contributed by atoms with Crippen molar-refractivity contribution in [2.75, 3.05) is 7.11 Å². The van der Waals surface area contributed by atoms with Gasteiger partial charge in [0, 0.05) is 6.07 Å². The van der Waals surface area contributed by atoms with Gasteiger partial charge < -0.3 is 10.5 Å². The van der Waals surface area contributed by atoms with Crippen LogP contribution in [0.25, 0.3) is 5.69 Å². The Bertz CT molecular complexity index is 559. The molecule has 0 aliphatic heterocycles. The maximum Gasteiger partial charge on any atom is 0.149 e. The van der Waals surface area contributed by atoms with Crippen LogP contribution in [0.15, 0.2) is 24.4 Å². The molecular weight excluding hydrogens is 235 g/mol. The van der Waals surface area contributed by atoms with Crippen LogP contribution >= 0.6 is 0 Å². The monoisotopic (exact) mass is 250 g/mol. The second kappa shape index (κ2) is 4.38. The van der Waals surface area contributed by atoms with Crippen molar-refractivity contribution in [3.05, 3.63) is 35.9 Å². The summed E-state index contributed by atoms with van der Waals surface area (Å²) in [5.74, 6) is 0.150. The van der Waals surface area contributed by atoms with Crippen molar-refractivity contribution in [2.24, 2.45) is 5.73 Å². The van der Waals surface area contributed by atoms with Gasteiger partial charge >= 0.3 is 0 Å². The molecule has 2 aromatic rings. The van der Waals surface area contributed by atoms with Crippen LogP contribution in [-0.4, -0.2) is 22.1 Å². The first-order valence-electron chi connectivity index (χ1n) is 5.47. The van der Waals surface area contributed by atoms with Crippen molar-refractivity contribution in [1.82, 2.24) is 15.0 Å². The molecule has 0 aliphatic rings. The van der Waals surface area contributed by atoms with Crippen LogP contribution in [0.1, 0.15) is 19.5 Å². The highest BCUT2D eigenvalue weighted by atomic mass is 19.1. The topological polar surface area (TPSA) is 66.0 Å². The molecule has 0 radical (unpaired) electrons. The number of nitrogens with two attached hydrogens (primary N) is 1. The van der Waals surface area contributed by atoms with Crippen molar-refractivity contribution in [2.45, 2.75) is 19.4 Å². The van der Waals surface area contributed by atoms with Crippen LogP contribution in [0.2, 0.25) is 0 Å². The zero-order valence-electron chi connectivity index (χ0n) is 10.5. The summed E-state index contributed by atoms with van der Waals surface area (Å²) < 4.78 is 20.1. The van der Waals surface area contributed by atoms with Gasteiger partial charge in [-0.2, -0.15) is 0 Å². The van der Waals surface area contributed by atoms with E-state index in [1.54, 1.807) is 18.3 Å². The second-order valence-electron chi connectivity index (χ2n) is 4.59. The summed E-state index contributed by atoms with van der Waals surface area (Å²) in [5, 5.41) is 7.82. The highest BCUT2D eigenvalue weighted by Gasteiger charge is 2.19. The molecule has 2 rings (SSSR count). The number of halogens is 1. The lowest BCUT2D eigenvalue weighted by atomic mass is 10.0. The van der Waals surface area contributed by atoms with Gasteiger partial charge in [0.15, 0.2) is 0 Å². The molecule has 0 unspecified atom stereocenters. The van der Waals surface area contributed by atoms with Gasteiger partial charge in [0.05, 0.1) is 18.8 Å². The Balaban J connectivity index is 2.45. The van der Waals surface area contributed by atoms with Crippen LogP contribution in [0.5, 0.6) is 5.75 Å². The van der Waals surface area contributed by atoms with E-state index < -0.39 is 11.4 Å². The molecule has 0 atom stereocenters. The summed E-state index contributed by atoms with van der Waals surface area (Å²) in [6.07, 6.45) is 1.61. The quantitative estimate of drug-likeness (QED) is 0.898. The van der Waals surface area contributed by atoms with Crippen molar-refractivity contribution < 1.29 is 9.13 Å². The predicted octanol–water partition coefficient (Wildman–Crippen LogP) is 1.61. The smallest absolute Gasteiger partial charge is 0.149 e. The molecule has 6 heteroatoms. The molecule has 18 heavy (non-hydrogen) atoms. The fourth-order valence-corrected chi connectivity index (χ4v) is 1.47. The Kier molecular flexibility index (Phi) is 3.04. The molecule has 5 nitrogen and oxygen atoms in total. The highest BCUT2D eigenvalue weighted by molar-refractivity contribution is 5.40. The summed E-state index contributed by atoms with van der Waals surface area (Å²) in [7, 11) is 1.52. The first kappa shape index (κ1) is 12.5. The Morgan fingerprint density at radius 3 is 2.67 bits per heavy atom. The lowest BCUT2D eigenvalue weighted by molar-refractivity contribution is 0.413. The number of rotatable bonds is 3. The van der Waals surface area contributed by atoms with Crippen LogP contribution in [0.4, 0.5) is 4.39 Å². The number of benzene rings is 1. The van der Waals surface area contributed by atoms with E-state index in [0.717, 1.165) is 0 Å². The number of methoxy groups -OCH3 is 1. The minimum atomic E-state index is -0.617. The van der Waals surface area contributed by atoms with E-state index in [9.17, 15) is 4.39 Å².